The highest BCUT2D eigenvalue weighted by atomic mass is 16.5. The van der Waals surface area contributed by atoms with Crippen molar-refractivity contribution in [2.24, 2.45) is 34.5 Å². The number of aliphatic carboxylic acids is 1. The predicted molar refractivity (Wildman–Crippen MR) is 101 cm³/mol. The number of Topliss-reactive ketones (excluding diaryl/α,β-unsaturated/α-hetero) is 1. The zero-order valence-electron chi connectivity index (χ0n) is 17.3. The Morgan fingerprint density at radius 3 is 2.57 bits per heavy atom. The molecule has 1 aromatic rings. The van der Waals surface area contributed by atoms with Crippen molar-refractivity contribution in [2.75, 3.05) is 7.11 Å². The van der Waals surface area contributed by atoms with Crippen molar-refractivity contribution in [1.82, 2.24) is 0 Å². The smallest absolute Gasteiger partial charge is 0.314 e. The van der Waals surface area contributed by atoms with Crippen molar-refractivity contribution in [3.05, 3.63) is 24.2 Å². The molecule has 0 bridgehead atoms. The van der Waals surface area contributed by atoms with Gasteiger partial charge in [-0.1, -0.05) is 13.8 Å². The van der Waals surface area contributed by atoms with Gasteiger partial charge < -0.3 is 19.0 Å². The quantitative estimate of drug-likeness (QED) is 0.588. The number of rotatable bonds is 3. The van der Waals surface area contributed by atoms with Crippen LogP contribution in [0.4, 0.5) is 0 Å². The molecule has 2 heterocycles. The second-order valence-corrected chi connectivity index (χ2v) is 9.33. The van der Waals surface area contributed by atoms with Gasteiger partial charge in [0.15, 0.2) is 5.78 Å². The van der Waals surface area contributed by atoms with E-state index in [4.69, 9.17) is 13.9 Å². The summed E-state index contributed by atoms with van der Waals surface area (Å²) in [4.78, 5) is 51.0. The zero-order valence-corrected chi connectivity index (χ0v) is 17.3. The Morgan fingerprint density at radius 2 is 1.97 bits per heavy atom. The summed E-state index contributed by atoms with van der Waals surface area (Å²) in [5, 5.41) is 9.71. The average Bonchev–Trinajstić information content (AvgIpc) is 3.21. The van der Waals surface area contributed by atoms with Gasteiger partial charge in [0.05, 0.1) is 31.5 Å². The maximum atomic E-state index is 13.5. The summed E-state index contributed by atoms with van der Waals surface area (Å²) in [5.74, 6) is -5.88. The third kappa shape index (κ3) is 2.80. The molecule has 2 aliphatic carbocycles. The minimum Gasteiger partial charge on any atom is -0.481 e. The summed E-state index contributed by atoms with van der Waals surface area (Å²) >= 11 is 0. The molecule has 3 fully saturated rings. The number of methoxy groups -OCH3 is 1. The number of carbonyl (C=O) groups excluding carboxylic acids is 3. The molecule has 8 heteroatoms. The maximum Gasteiger partial charge on any atom is 0.314 e. The third-order valence-corrected chi connectivity index (χ3v) is 7.85. The molecule has 3 aliphatic rings. The fraction of sp³-hybridized carbons (Fsp3) is 0.636. The number of ketones is 1. The Labute approximate surface area is 173 Å². The van der Waals surface area contributed by atoms with E-state index in [0.29, 0.717) is 24.8 Å². The maximum absolute atomic E-state index is 13.5. The number of carboxylic acids is 1. The van der Waals surface area contributed by atoms with Crippen LogP contribution in [0.15, 0.2) is 23.0 Å². The first kappa shape index (κ1) is 20.6. The molecule has 1 unspecified atom stereocenters. The number of hydrogen-bond donors (Lipinski definition) is 1. The molecule has 2 saturated carbocycles. The van der Waals surface area contributed by atoms with Crippen LogP contribution >= 0.6 is 0 Å². The lowest BCUT2D eigenvalue weighted by Gasteiger charge is -2.60. The Morgan fingerprint density at radius 1 is 1.23 bits per heavy atom. The Balaban J connectivity index is 1.82. The molecule has 0 aromatic carbocycles. The van der Waals surface area contributed by atoms with E-state index in [9.17, 15) is 24.3 Å². The number of carboxylic acid groups (broad SMARTS) is 1. The van der Waals surface area contributed by atoms with Gasteiger partial charge >= 0.3 is 17.9 Å². The van der Waals surface area contributed by atoms with Gasteiger partial charge in [-0.3, -0.25) is 19.2 Å². The van der Waals surface area contributed by atoms with Gasteiger partial charge in [-0.2, -0.15) is 0 Å². The van der Waals surface area contributed by atoms with Crippen LogP contribution in [0.25, 0.3) is 0 Å². The number of ether oxygens (including phenoxy) is 2. The second-order valence-electron chi connectivity index (χ2n) is 9.33. The molecule has 0 spiro atoms. The first-order valence-corrected chi connectivity index (χ1v) is 10.2. The zero-order chi connectivity index (χ0) is 21.8. The molecule has 0 radical (unpaired) electrons. The fourth-order valence-electron chi connectivity index (χ4n) is 6.42. The summed E-state index contributed by atoms with van der Waals surface area (Å²) in [6.45, 7) is 3.73. The lowest BCUT2D eigenvalue weighted by atomic mass is 9.42. The number of hydrogen-bond acceptors (Lipinski definition) is 7. The number of fused-ring (bicyclic) bond motifs is 3. The van der Waals surface area contributed by atoms with Gasteiger partial charge in [0.2, 0.25) is 0 Å². The van der Waals surface area contributed by atoms with Gasteiger partial charge in [-0.25, -0.2) is 0 Å². The average molecular weight is 418 g/mol. The SMILES string of the molecule is COC(=O)[C@@H]1CC(C(=O)O)C(=O)[C@H]2[C@@]1(C)CC[C@H]1C(=O)O[C@H](c3ccoc3)C[C@]21C. The van der Waals surface area contributed by atoms with E-state index in [1.165, 1.54) is 19.6 Å². The first-order chi connectivity index (χ1) is 14.1. The predicted octanol–water partition coefficient (Wildman–Crippen LogP) is 2.77. The van der Waals surface area contributed by atoms with E-state index in [-0.39, 0.29) is 6.42 Å². The largest absolute Gasteiger partial charge is 0.481 e. The van der Waals surface area contributed by atoms with E-state index in [1.54, 1.807) is 6.07 Å². The highest BCUT2D eigenvalue weighted by Gasteiger charge is 2.68. The standard InChI is InChI=1S/C22H26O8/c1-21-6-4-13-20(27)30-15(11-5-7-29-10-11)9-22(13,2)17(21)16(23)12(18(24)25)8-14(21)19(26)28-3/h5,7,10,12-15,17H,4,6,8-9H2,1-3H3,(H,24,25)/t12?,13-,14-,15-,17-,21-,22-/m0/s1. The van der Waals surface area contributed by atoms with E-state index < -0.39 is 64.3 Å². The highest BCUT2D eigenvalue weighted by molar-refractivity contribution is 6.02. The van der Waals surface area contributed by atoms with Crippen molar-refractivity contribution < 1.29 is 38.2 Å². The summed E-state index contributed by atoms with van der Waals surface area (Å²) in [6, 6.07) is 1.71. The lowest BCUT2D eigenvalue weighted by molar-refractivity contribution is -0.205. The second kappa shape index (κ2) is 6.96. The van der Waals surface area contributed by atoms with Crippen LogP contribution in [0.5, 0.6) is 0 Å². The molecule has 162 valence electrons. The summed E-state index contributed by atoms with van der Waals surface area (Å²) in [5.41, 5.74) is -0.945. The lowest BCUT2D eigenvalue weighted by Crippen LogP contribution is -2.64. The fourth-order valence-corrected chi connectivity index (χ4v) is 6.42. The van der Waals surface area contributed by atoms with E-state index in [1.807, 2.05) is 13.8 Å². The number of furan rings is 1. The van der Waals surface area contributed by atoms with Gasteiger partial charge in [-0.15, -0.1) is 0 Å². The molecule has 1 saturated heterocycles. The number of cyclic esters (lactones) is 1. The highest BCUT2D eigenvalue weighted by Crippen LogP contribution is 2.65. The van der Waals surface area contributed by atoms with Crippen molar-refractivity contribution in [2.45, 2.75) is 45.6 Å². The van der Waals surface area contributed by atoms with Crippen LogP contribution in [0.1, 0.15) is 51.2 Å². The summed E-state index contributed by atoms with van der Waals surface area (Å²) < 4.78 is 15.8. The van der Waals surface area contributed by atoms with Gasteiger partial charge in [0.1, 0.15) is 12.0 Å². The number of carbonyl (C=O) groups is 4. The summed E-state index contributed by atoms with van der Waals surface area (Å²) in [7, 11) is 1.27. The van der Waals surface area contributed by atoms with Crippen molar-refractivity contribution in [3.8, 4) is 0 Å². The van der Waals surface area contributed by atoms with E-state index in [0.717, 1.165) is 0 Å². The van der Waals surface area contributed by atoms with Crippen LogP contribution in [-0.2, 0) is 28.7 Å². The first-order valence-electron chi connectivity index (χ1n) is 10.2. The Kier molecular flexibility index (Phi) is 4.78. The van der Waals surface area contributed by atoms with Gasteiger partial charge in [0, 0.05) is 11.5 Å². The molecule has 8 nitrogen and oxygen atoms in total. The van der Waals surface area contributed by atoms with Crippen molar-refractivity contribution >= 4 is 23.7 Å². The van der Waals surface area contributed by atoms with E-state index >= 15 is 0 Å². The van der Waals surface area contributed by atoms with Crippen molar-refractivity contribution in [1.29, 1.82) is 0 Å². The minimum absolute atomic E-state index is 0.0792. The monoisotopic (exact) mass is 418 g/mol. The van der Waals surface area contributed by atoms with Crippen LogP contribution < -0.4 is 0 Å². The third-order valence-electron chi connectivity index (χ3n) is 7.85. The molecule has 0 amide bonds. The van der Waals surface area contributed by atoms with Crippen LogP contribution in [0, 0.1) is 34.5 Å². The minimum atomic E-state index is -1.30. The molecular formula is C22H26O8. The Hall–Kier alpha value is -2.64. The molecular weight excluding hydrogens is 392 g/mol. The molecule has 4 rings (SSSR count). The summed E-state index contributed by atoms with van der Waals surface area (Å²) in [6.07, 6.45) is 3.60. The van der Waals surface area contributed by atoms with Gasteiger partial charge in [0.25, 0.3) is 0 Å². The van der Waals surface area contributed by atoms with Crippen LogP contribution in [-0.4, -0.2) is 35.9 Å². The molecule has 7 atom stereocenters. The normalized spacial score (nSPS) is 40.7. The Bertz CT molecular complexity index is 889. The molecule has 1 aromatic heterocycles. The molecule has 1 aliphatic heterocycles. The topological polar surface area (TPSA) is 120 Å². The van der Waals surface area contributed by atoms with Crippen LogP contribution in [0.2, 0.25) is 0 Å². The molecule has 30 heavy (non-hydrogen) atoms. The molecule has 1 N–H and O–H groups in total. The van der Waals surface area contributed by atoms with Gasteiger partial charge in [-0.05, 0) is 42.6 Å². The van der Waals surface area contributed by atoms with Crippen molar-refractivity contribution in [3.63, 3.8) is 0 Å². The van der Waals surface area contributed by atoms with Crippen LogP contribution in [0.3, 0.4) is 0 Å². The number of esters is 2. The van der Waals surface area contributed by atoms with E-state index in [2.05, 4.69) is 0 Å².